The molecule has 14 heteroatoms. The average Bonchev–Trinajstić information content (AvgIpc) is 3.18. The zero-order valence-corrected chi connectivity index (χ0v) is 20.9. The van der Waals surface area contributed by atoms with Crippen LogP contribution in [0.4, 0.5) is 19.0 Å². The Hall–Kier alpha value is -2.71. The van der Waals surface area contributed by atoms with E-state index < -0.39 is 39.9 Å². The summed E-state index contributed by atoms with van der Waals surface area (Å²) in [5, 5.41) is 0. The molecule has 9 nitrogen and oxygen atoms in total. The maximum Gasteiger partial charge on any atom is 0.498 e. The van der Waals surface area contributed by atoms with E-state index >= 15 is 0 Å². The predicted octanol–water partition coefficient (Wildman–Crippen LogP) is 2.72. The number of hydrogen-bond donors (Lipinski definition) is 1. The SMILES string of the molecule is CCS(=O)(=O)c1cc(B2OC(C)(C)C(C)(C)O2)c(N)nc1-c1nc2cc(C(F)(F)F)cnc2n1C. The Morgan fingerprint density at radius 3 is 2.26 bits per heavy atom. The number of hydrogen-bond acceptors (Lipinski definition) is 8. The molecule has 35 heavy (non-hydrogen) atoms. The summed E-state index contributed by atoms with van der Waals surface area (Å²) in [6.07, 6.45) is -3.91. The molecule has 0 amide bonds. The molecular formula is C21H25BF3N5O4S. The standard InChI is InChI=1S/C21H25BF3N5O4S/c1-7-35(31,32)14-9-12(22-33-19(2,3)20(4,5)34-22)16(26)29-15(14)18-28-13-8-11(21(23,24)25)10-27-17(13)30(18)6/h8-10H,7H2,1-6H3,(H2,26,29). The number of alkyl halides is 3. The number of sulfone groups is 1. The van der Waals surface area contributed by atoms with Crippen molar-refractivity contribution in [2.24, 2.45) is 7.05 Å². The van der Waals surface area contributed by atoms with Crippen molar-refractivity contribution in [2.75, 3.05) is 11.5 Å². The maximum atomic E-state index is 13.2. The third-order valence-corrected chi connectivity index (χ3v) is 8.26. The number of imidazole rings is 1. The number of nitrogen functional groups attached to an aromatic ring is 1. The Morgan fingerprint density at radius 1 is 1.11 bits per heavy atom. The van der Waals surface area contributed by atoms with Gasteiger partial charge in [0.15, 0.2) is 21.3 Å². The monoisotopic (exact) mass is 511 g/mol. The smallest absolute Gasteiger partial charge is 0.399 e. The first-order valence-corrected chi connectivity index (χ1v) is 12.4. The molecular weight excluding hydrogens is 486 g/mol. The highest BCUT2D eigenvalue weighted by molar-refractivity contribution is 7.91. The van der Waals surface area contributed by atoms with Gasteiger partial charge in [-0.2, -0.15) is 13.2 Å². The Kier molecular flexibility index (Phi) is 5.73. The van der Waals surface area contributed by atoms with Crippen LogP contribution in [0.3, 0.4) is 0 Å². The Balaban J connectivity index is 1.93. The zero-order valence-electron chi connectivity index (χ0n) is 20.1. The highest BCUT2D eigenvalue weighted by Crippen LogP contribution is 2.38. The van der Waals surface area contributed by atoms with Crippen molar-refractivity contribution in [2.45, 2.75) is 56.9 Å². The van der Waals surface area contributed by atoms with E-state index in [-0.39, 0.29) is 44.6 Å². The van der Waals surface area contributed by atoms with Crippen LogP contribution >= 0.6 is 0 Å². The number of pyridine rings is 2. The minimum absolute atomic E-state index is 0.00557. The second-order valence-electron chi connectivity index (χ2n) is 9.36. The molecule has 0 radical (unpaired) electrons. The Labute approximate surface area is 200 Å². The molecule has 1 saturated heterocycles. The molecule has 0 atom stereocenters. The lowest BCUT2D eigenvalue weighted by atomic mass is 9.79. The second kappa shape index (κ2) is 7.90. The van der Waals surface area contributed by atoms with Crippen LogP contribution in [0.1, 0.15) is 40.2 Å². The van der Waals surface area contributed by atoms with Gasteiger partial charge in [-0.15, -0.1) is 0 Å². The molecule has 0 spiro atoms. The molecule has 4 heterocycles. The fourth-order valence-electron chi connectivity index (χ4n) is 3.68. The summed E-state index contributed by atoms with van der Waals surface area (Å²) in [7, 11) is -3.33. The minimum Gasteiger partial charge on any atom is -0.399 e. The first-order chi connectivity index (χ1) is 16.0. The summed E-state index contributed by atoms with van der Waals surface area (Å²) in [6, 6.07) is 2.19. The maximum absolute atomic E-state index is 13.2. The van der Waals surface area contributed by atoms with Gasteiger partial charge in [-0.25, -0.2) is 23.4 Å². The van der Waals surface area contributed by atoms with E-state index in [4.69, 9.17) is 15.0 Å². The van der Waals surface area contributed by atoms with Gasteiger partial charge in [-0.3, -0.25) is 0 Å². The van der Waals surface area contributed by atoms with E-state index in [1.165, 1.54) is 24.6 Å². The van der Waals surface area contributed by atoms with Crippen LogP contribution < -0.4 is 11.2 Å². The summed E-state index contributed by atoms with van der Waals surface area (Å²) in [4.78, 5) is 12.3. The van der Waals surface area contributed by atoms with Crippen molar-refractivity contribution in [3.63, 3.8) is 0 Å². The van der Waals surface area contributed by atoms with Crippen LogP contribution in [-0.4, -0.2) is 52.0 Å². The van der Waals surface area contributed by atoms with Crippen molar-refractivity contribution in [3.05, 3.63) is 23.9 Å². The highest BCUT2D eigenvalue weighted by atomic mass is 32.2. The molecule has 3 aromatic rings. The van der Waals surface area contributed by atoms with Crippen LogP contribution in [0.5, 0.6) is 0 Å². The van der Waals surface area contributed by atoms with Crippen molar-refractivity contribution < 1.29 is 30.9 Å². The molecule has 3 aromatic heterocycles. The predicted molar refractivity (Wildman–Crippen MR) is 125 cm³/mol. The van der Waals surface area contributed by atoms with E-state index in [0.29, 0.717) is 6.20 Å². The molecule has 2 N–H and O–H groups in total. The van der Waals surface area contributed by atoms with Crippen LogP contribution in [0.2, 0.25) is 0 Å². The van der Waals surface area contributed by atoms with Gasteiger partial charge < -0.3 is 19.6 Å². The van der Waals surface area contributed by atoms with Gasteiger partial charge in [-0.1, -0.05) is 6.92 Å². The van der Waals surface area contributed by atoms with E-state index in [1.807, 2.05) is 27.7 Å². The Morgan fingerprint density at radius 2 is 1.71 bits per heavy atom. The lowest BCUT2D eigenvalue weighted by molar-refractivity contribution is -0.137. The molecule has 0 unspecified atom stereocenters. The molecule has 188 valence electrons. The van der Waals surface area contributed by atoms with Crippen LogP contribution in [0.15, 0.2) is 23.2 Å². The molecule has 0 aromatic carbocycles. The molecule has 1 aliphatic heterocycles. The lowest BCUT2D eigenvalue weighted by Gasteiger charge is -2.32. The first kappa shape index (κ1) is 25.4. The topological polar surface area (TPSA) is 122 Å². The van der Waals surface area contributed by atoms with Crippen molar-refractivity contribution in [3.8, 4) is 11.5 Å². The largest absolute Gasteiger partial charge is 0.498 e. The number of rotatable bonds is 4. The normalized spacial score (nSPS) is 17.9. The molecule has 1 fully saturated rings. The number of fused-ring (bicyclic) bond motifs is 1. The van der Waals surface area contributed by atoms with Gasteiger partial charge in [0.2, 0.25) is 0 Å². The van der Waals surface area contributed by atoms with Crippen LogP contribution in [-0.2, 0) is 32.4 Å². The Bertz CT molecular complexity index is 1420. The number of anilines is 1. The van der Waals surface area contributed by atoms with E-state index in [0.717, 1.165) is 6.07 Å². The third-order valence-electron chi connectivity index (χ3n) is 6.52. The zero-order chi connectivity index (χ0) is 26.1. The van der Waals surface area contributed by atoms with E-state index in [9.17, 15) is 21.6 Å². The minimum atomic E-state index is -4.61. The van der Waals surface area contributed by atoms with Gasteiger partial charge >= 0.3 is 13.3 Å². The summed E-state index contributed by atoms with van der Waals surface area (Å²) in [5.41, 5.74) is 4.05. The summed E-state index contributed by atoms with van der Waals surface area (Å²) < 4.78 is 79.0. The molecule has 0 aliphatic carbocycles. The molecule has 0 bridgehead atoms. The van der Waals surface area contributed by atoms with Crippen molar-refractivity contribution in [1.82, 2.24) is 19.5 Å². The van der Waals surface area contributed by atoms with Crippen LogP contribution in [0.25, 0.3) is 22.7 Å². The average molecular weight is 511 g/mol. The van der Waals surface area contributed by atoms with Gasteiger partial charge in [-0.05, 0) is 39.8 Å². The third kappa shape index (κ3) is 4.17. The van der Waals surface area contributed by atoms with Crippen LogP contribution in [0, 0.1) is 0 Å². The van der Waals surface area contributed by atoms with E-state index in [2.05, 4.69) is 15.0 Å². The number of halogens is 3. The summed E-state index contributed by atoms with van der Waals surface area (Å²) >= 11 is 0. The fourth-order valence-corrected chi connectivity index (χ4v) is 4.73. The second-order valence-corrected chi connectivity index (χ2v) is 11.6. The number of aromatic nitrogens is 4. The quantitative estimate of drug-likeness (QED) is 0.531. The number of nitrogens with zero attached hydrogens (tertiary/aromatic N) is 4. The summed E-state index contributed by atoms with van der Waals surface area (Å²) in [5.74, 6) is -0.301. The van der Waals surface area contributed by atoms with Gasteiger partial charge in [0.25, 0.3) is 0 Å². The summed E-state index contributed by atoms with van der Waals surface area (Å²) in [6.45, 7) is 8.84. The van der Waals surface area contributed by atoms with Gasteiger partial charge in [0.1, 0.15) is 17.0 Å². The first-order valence-electron chi connectivity index (χ1n) is 10.8. The van der Waals surface area contributed by atoms with Crippen molar-refractivity contribution >= 4 is 39.4 Å². The van der Waals surface area contributed by atoms with Crippen molar-refractivity contribution in [1.29, 1.82) is 0 Å². The molecule has 4 rings (SSSR count). The molecule has 1 aliphatic rings. The lowest BCUT2D eigenvalue weighted by Crippen LogP contribution is -2.41. The number of aryl methyl sites for hydroxylation is 1. The number of nitrogens with two attached hydrogens (primary N) is 1. The molecule has 0 saturated carbocycles. The van der Waals surface area contributed by atoms with E-state index in [1.54, 1.807) is 0 Å². The van der Waals surface area contributed by atoms with Gasteiger partial charge in [0, 0.05) is 18.7 Å². The highest BCUT2D eigenvalue weighted by Gasteiger charge is 2.52. The van der Waals surface area contributed by atoms with Gasteiger partial charge in [0.05, 0.1) is 27.4 Å². The fraction of sp³-hybridized carbons (Fsp3) is 0.476.